The Hall–Kier alpha value is -1.95. The van der Waals surface area contributed by atoms with Gasteiger partial charge in [0, 0.05) is 30.2 Å². The first-order valence-electron chi connectivity index (χ1n) is 9.85. The molecule has 2 saturated heterocycles. The van der Waals surface area contributed by atoms with Crippen molar-refractivity contribution in [2.45, 2.75) is 24.4 Å². The Morgan fingerprint density at radius 2 is 2.13 bits per heavy atom. The molecule has 3 rings (SSSR count). The smallest absolute Gasteiger partial charge is 0.465 e. The Morgan fingerprint density at radius 3 is 2.73 bits per heavy atom. The van der Waals surface area contributed by atoms with Crippen molar-refractivity contribution in [3.05, 3.63) is 23.3 Å². The fourth-order valence-electron chi connectivity index (χ4n) is 4.19. The molecule has 9 nitrogen and oxygen atoms in total. The number of nitrogens with zero attached hydrogens (tertiary/aromatic N) is 1. The maximum absolute atomic E-state index is 12.6. The van der Waals surface area contributed by atoms with Gasteiger partial charge in [-0.1, -0.05) is 6.07 Å². The highest BCUT2D eigenvalue weighted by atomic mass is 32.2. The van der Waals surface area contributed by atoms with E-state index in [1.165, 1.54) is 19.2 Å². The van der Waals surface area contributed by atoms with Crippen LogP contribution in [0.1, 0.15) is 28.8 Å². The third-order valence-electron chi connectivity index (χ3n) is 5.95. The maximum atomic E-state index is 12.6. The highest BCUT2D eigenvalue weighted by molar-refractivity contribution is 8.01. The number of rotatable bonds is 8. The number of hydrogen-bond acceptors (Lipinski definition) is 8. The molecule has 0 bridgehead atoms. The lowest BCUT2D eigenvalue weighted by Gasteiger charge is -2.23. The summed E-state index contributed by atoms with van der Waals surface area (Å²) in [4.78, 5) is 25.9. The number of benzene rings is 1. The topological polar surface area (TPSA) is 140 Å². The largest absolute Gasteiger partial charge is 0.507 e. The molecule has 2 fully saturated rings. The third-order valence-corrected chi connectivity index (χ3v) is 7.21. The van der Waals surface area contributed by atoms with Crippen LogP contribution in [0.3, 0.4) is 0 Å². The molecule has 1 amide bonds. The van der Waals surface area contributed by atoms with Crippen LogP contribution in [-0.4, -0.2) is 88.3 Å². The van der Waals surface area contributed by atoms with Crippen LogP contribution in [0.25, 0.3) is 0 Å². The van der Waals surface area contributed by atoms with Gasteiger partial charge in [0.1, 0.15) is 17.1 Å². The predicted octanol–water partition coefficient (Wildman–Crippen LogP) is -0.0327. The first kappa shape index (κ1) is 22.7. The van der Waals surface area contributed by atoms with Crippen LogP contribution in [0.5, 0.6) is 11.5 Å². The molecule has 2 aliphatic heterocycles. The van der Waals surface area contributed by atoms with Crippen LogP contribution >= 0.6 is 11.8 Å². The molecule has 0 aromatic heterocycles. The molecule has 2 heterocycles. The standard InChI is InChI=1S/C19H27BN2O7S/c1-29-13-3-2-12(17(24)16(13)18(25)26)8-14(20(27)28)30-9-15(23)22-7-5-19(11-22)4-6-21-10-19/h2-3,14,21,24,27-28H,4-11H2,1H3,(H,25,26). The molecule has 11 heteroatoms. The molecule has 164 valence electrons. The van der Waals surface area contributed by atoms with Gasteiger partial charge in [-0.25, -0.2) is 4.79 Å². The molecule has 1 aromatic rings. The second kappa shape index (κ2) is 9.46. The molecule has 0 radical (unpaired) electrons. The van der Waals surface area contributed by atoms with Gasteiger partial charge < -0.3 is 35.2 Å². The summed E-state index contributed by atoms with van der Waals surface area (Å²) in [5.41, 5.74) is 0.0245. The Balaban J connectivity index is 1.64. The number of carbonyl (C=O) groups excluding carboxylic acids is 1. The van der Waals surface area contributed by atoms with E-state index in [0.717, 1.165) is 37.7 Å². The Kier molecular flexibility index (Phi) is 7.17. The number of likely N-dealkylation sites (tertiary alicyclic amines) is 1. The van der Waals surface area contributed by atoms with E-state index in [9.17, 15) is 29.9 Å². The molecule has 0 saturated carbocycles. The summed E-state index contributed by atoms with van der Waals surface area (Å²) < 4.78 is 4.97. The minimum absolute atomic E-state index is 0.0112. The molecule has 2 unspecified atom stereocenters. The van der Waals surface area contributed by atoms with Gasteiger partial charge >= 0.3 is 13.1 Å². The molecule has 2 aliphatic rings. The zero-order valence-electron chi connectivity index (χ0n) is 16.8. The Bertz CT molecular complexity index is 801. The number of thioether (sulfide) groups is 1. The monoisotopic (exact) mass is 438 g/mol. The second-order valence-electron chi connectivity index (χ2n) is 7.91. The van der Waals surface area contributed by atoms with Crippen molar-refractivity contribution in [1.82, 2.24) is 10.2 Å². The van der Waals surface area contributed by atoms with Gasteiger partial charge in [0.2, 0.25) is 5.91 Å². The first-order valence-corrected chi connectivity index (χ1v) is 10.9. The summed E-state index contributed by atoms with van der Waals surface area (Å²) in [6, 6.07) is 2.89. The van der Waals surface area contributed by atoms with Crippen molar-refractivity contribution >= 4 is 30.8 Å². The number of aromatic hydroxyl groups is 1. The normalized spacial score (nSPS) is 21.8. The van der Waals surface area contributed by atoms with Crippen LogP contribution in [0.2, 0.25) is 0 Å². The van der Waals surface area contributed by atoms with Gasteiger partial charge in [0.15, 0.2) is 0 Å². The minimum atomic E-state index is -1.73. The highest BCUT2D eigenvalue weighted by Crippen LogP contribution is 2.37. The summed E-state index contributed by atoms with van der Waals surface area (Å²) in [5, 5.41) is 41.8. The van der Waals surface area contributed by atoms with Crippen molar-refractivity contribution in [1.29, 1.82) is 0 Å². The van der Waals surface area contributed by atoms with Crippen LogP contribution < -0.4 is 10.1 Å². The lowest BCUT2D eigenvalue weighted by atomic mass is 9.81. The molecule has 2 atom stereocenters. The van der Waals surface area contributed by atoms with Crippen molar-refractivity contribution in [2.75, 3.05) is 39.0 Å². The zero-order chi connectivity index (χ0) is 21.9. The summed E-state index contributed by atoms with van der Waals surface area (Å²) in [5.74, 6) is -1.79. The van der Waals surface area contributed by atoms with Crippen LogP contribution in [0.15, 0.2) is 12.1 Å². The van der Waals surface area contributed by atoms with E-state index in [4.69, 9.17) is 4.74 Å². The Morgan fingerprint density at radius 1 is 1.37 bits per heavy atom. The maximum Gasteiger partial charge on any atom is 0.465 e. The van der Waals surface area contributed by atoms with E-state index in [1.54, 1.807) is 0 Å². The average Bonchev–Trinajstić information content (AvgIpc) is 3.35. The first-order chi connectivity index (χ1) is 14.3. The number of hydrogen-bond donors (Lipinski definition) is 5. The van der Waals surface area contributed by atoms with Gasteiger partial charge in [-0.2, -0.15) is 11.8 Å². The minimum Gasteiger partial charge on any atom is -0.507 e. The summed E-state index contributed by atoms with van der Waals surface area (Å²) in [6.07, 6.45) is 2.02. The quantitative estimate of drug-likeness (QED) is 0.354. The molecular formula is C19H27BN2O7S. The van der Waals surface area contributed by atoms with Gasteiger partial charge in [-0.3, -0.25) is 4.79 Å². The summed E-state index contributed by atoms with van der Waals surface area (Å²) in [6.45, 7) is 3.31. The summed E-state index contributed by atoms with van der Waals surface area (Å²) >= 11 is 1.09. The number of carboxylic acids is 1. The number of carbonyl (C=O) groups is 2. The summed E-state index contributed by atoms with van der Waals surface area (Å²) in [7, 11) is -0.436. The highest BCUT2D eigenvalue weighted by Gasteiger charge is 2.42. The van der Waals surface area contributed by atoms with E-state index in [-0.39, 0.29) is 40.4 Å². The van der Waals surface area contributed by atoms with Crippen LogP contribution in [0.4, 0.5) is 0 Å². The van der Waals surface area contributed by atoms with E-state index in [0.29, 0.717) is 13.1 Å². The van der Waals surface area contributed by atoms with Crippen molar-refractivity contribution in [2.24, 2.45) is 5.41 Å². The zero-order valence-corrected chi connectivity index (χ0v) is 17.7. The molecule has 1 aromatic carbocycles. The van der Waals surface area contributed by atoms with Crippen LogP contribution in [-0.2, 0) is 11.2 Å². The predicted molar refractivity (Wildman–Crippen MR) is 113 cm³/mol. The van der Waals surface area contributed by atoms with E-state index < -0.39 is 24.0 Å². The molecule has 5 N–H and O–H groups in total. The van der Waals surface area contributed by atoms with Gasteiger partial charge in [-0.05, 0) is 37.4 Å². The van der Waals surface area contributed by atoms with E-state index in [1.807, 2.05) is 4.90 Å². The van der Waals surface area contributed by atoms with Gasteiger partial charge in [0.05, 0.1) is 12.9 Å². The number of ether oxygens (including phenoxy) is 1. The van der Waals surface area contributed by atoms with Gasteiger partial charge in [0.25, 0.3) is 0 Å². The number of amides is 1. The number of nitrogens with one attached hydrogen (secondary N) is 1. The lowest BCUT2D eigenvalue weighted by molar-refractivity contribution is -0.127. The Labute approximate surface area is 179 Å². The fraction of sp³-hybridized carbons (Fsp3) is 0.579. The average molecular weight is 438 g/mol. The van der Waals surface area contributed by atoms with Crippen LogP contribution in [0, 0.1) is 5.41 Å². The number of carboxylic acid groups (broad SMARTS) is 1. The molecule has 1 spiro atoms. The molecular weight excluding hydrogens is 411 g/mol. The number of aromatic carboxylic acids is 1. The van der Waals surface area contributed by atoms with Crippen molar-refractivity contribution < 1.29 is 34.6 Å². The van der Waals surface area contributed by atoms with Crippen molar-refractivity contribution in [3.8, 4) is 11.5 Å². The van der Waals surface area contributed by atoms with Gasteiger partial charge in [-0.15, -0.1) is 0 Å². The third kappa shape index (κ3) is 4.85. The fourth-order valence-corrected chi connectivity index (χ4v) is 5.19. The second-order valence-corrected chi connectivity index (χ2v) is 9.14. The number of methoxy groups -OCH3 is 1. The molecule has 0 aliphatic carbocycles. The van der Waals surface area contributed by atoms with E-state index >= 15 is 0 Å². The number of phenols is 1. The van der Waals surface area contributed by atoms with E-state index in [2.05, 4.69) is 5.32 Å². The molecule has 30 heavy (non-hydrogen) atoms. The lowest BCUT2D eigenvalue weighted by Crippen LogP contribution is -2.36. The SMILES string of the molecule is COc1ccc(CC(SCC(=O)N2CCC3(CCNC3)C2)B(O)O)c(O)c1C(=O)O. The van der Waals surface area contributed by atoms with Crippen molar-refractivity contribution in [3.63, 3.8) is 0 Å².